The molecule has 5 rings (SSSR count). The Balaban J connectivity index is 1.39. The van der Waals surface area contributed by atoms with Crippen molar-refractivity contribution in [3.63, 3.8) is 0 Å². The van der Waals surface area contributed by atoms with Crippen LogP contribution in [0.1, 0.15) is 39.5 Å². The molecule has 0 N–H and O–H groups in total. The number of hydrogen-bond donors (Lipinski definition) is 0. The Morgan fingerprint density at radius 1 is 0.886 bits per heavy atom. The van der Waals surface area contributed by atoms with Gasteiger partial charge in [-0.1, -0.05) is 72.3 Å². The van der Waals surface area contributed by atoms with Crippen molar-refractivity contribution in [2.75, 3.05) is 5.01 Å². The third-order valence-electron chi connectivity index (χ3n) is 5.99. The maximum absolute atomic E-state index is 13.6. The molecule has 0 radical (unpaired) electrons. The van der Waals surface area contributed by atoms with Crippen LogP contribution in [-0.4, -0.2) is 11.5 Å². The molecule has 0 aromatic heterocycles. The highest BCUT2D eigenvalue weighted by atomic mass is 35.5. The normalized spacial score (nSPS) is 15.4. The van der Waals surface area contributed by atoms with Crippen LogP contribution in [0.5, 0.6) is 0 Å². The zero-order valence-electron chi connectivity index (χ0n) is 18.8. The average molecular weight is 481 g/mol. The van der Waals surface area contributed by atoms with Crippen LogP contribution in [0.4, 0.5) is 10.1 Å². The Kier molecular flexibility index (Phi) is 6.55. The van der Waals surface area contributed by atoms with Gasteiger partial charge in [0.2, 0.25) is 0 Å². The standard InChI is InChI=1S/C30H22ClFN2O/c31-25-13-9-24(10-14-25)30(35)19-8-21-6-17-27(18-7-21)34-29(23-11-15-26(32)16-12-23)20-28(33-34)22-4-2-1-3-5-22/h1-19,29H,20H2/b19-8+. The van der Waals surface area contributed by atoms with Gasteiger partial charge in [0, 0.05) is 17.0 Å². The predicted molar refractivity (Wildman–Crippen MR) is 140 cm³/mol. The second-order valence-corrected chi connectivity index (χ2v) is 8.76. The lowest BCUT2D eigenvalue weighted by Gasteiger charge is -2.24. The van der Waals surface area contributed by atoms with Crippen molar-refractivity contribution in [3.8, 4) is 0 Å². The Hall–Kier alpha value is -4.02. The number of anilines is 1. The van der Waals surface area contributed by atoms with Gasteiger partial charge >= 0.3 is 0 Å². The summed E-state index contributed by atoms with van der Waals surface area (Å²) in [6.07, 6.45) is 4.06. The van der Waals surface area contributed by atoms with E-state index in [0.29, 0.717) is 17.0 Å². The minimum Gasteiger partial charge on any atom is -0.289 e. The predicted octanol–water partition coefficient (Wildman–Crippen LogP) is 7.73. The van der Waals surface area contributed by atoms with Crippen molar-refractivity contribution in [3.05, 3.63) is 142 Å². The van der Waals surface area contributed by atoms with E-state index in [1.807, 2.05) is 59.6 Å². The van der Waals surface area contributed by atoms with E-state index in [4.69, 9.17) is 16.7 Å². The number of carbonyl (C=O) groups excluding carboxylic acids is 1. The van der Waals surface area contributed by atoms with Gasteiger partial charge in [0.25, 0.3) is 0 Å². The molecular weight excluding hydrogens is 459 g/mol. The number of carbonyl (C=O) groups is 1. The van der Waals surface area contributed by atoms with Crippen LogP contribution in [0.2, 0.25) is 5.02 Å². The largest absolute Gasteiger partial charge is 0.289 e. The molecule has 1 aliphatic heterocycles. The Morgan fingerprint density at radius 2 is 1.57 bits per heavy atom. The van der Waals surface area contributed by atoms with Crippen LogP contribution < -0.4 is 5.01 Å². The van der Waals surface area contributed by atoms with Crippen LogP contribution in [0.15, 0.2) is 114 Å². The lowest BCUT2D eigenvalue weighted by atomic mass is 9.98. The fourth-order valence-electron chi connectivity index (χ4n) is 4.12. The van der Waals surface area contributed by atoms with Crippen molar-refractivity contribution >= 4 is 34.9 Å². The highest BCUT2D eigenvalue weighted by Crippen LogP contribution is 2.36. The number of benzene rings is 4. The molecule has 0 fully saturated rings. The first-order valence-electron chi connectivity index (χ1n) is 11.3. The molecule has 1 unspecified atom stereocenters. The summed E-state index contributed by atoms with van der Waals surface area (Å²) < 4.78 is 13.6. The minimum atomic E-state index is -0.258. The molecule has 1 heterocycles. The summed E-state index contributed by atoms with van der Waals surface area (Å²) in [4.78, 5) is 12.4. The van der Waals surface area contributed by atoms with E-state index in [1.165, 1.54) is 12.1 Å². The van der Waals surface area contributed by atoms with Gasteiger partial charge in [-0.15, -0.1) is 0 Å². The van der Waals surface area contributed by atoms with Gasteiger partial charge in [-0.25, -0.2) is 4.39 Å². The molecule has 0 spiro atoms. The smallest absolute Gasteiger partial charge is 0.185 e. The molecule has 0 saturated heterocycles. The number of hydrogen-bond acceptors (Lipinski definition) is 3. The van der Waals surface area contributed by atoms with Gasteiger partial charge in [0.05, 0.1) is 17.4 Å². The lowest BCUT2D eigenvalue weighted by Crippen LogP contribution is -2.18. The van der Waals surface area contributed by atoms with E-state index >= 15 is 0 Å². The SMILES string of the molecule is O=C(/C=C/c1ccc(N2N=C(c3ccccc3)CC2c2ccc(F)cc2)cc1)c1ccc(Cl)cc1. The van der Waals surface area contributed by atoms with Crippen molar-refractivity contribution in [2.45, 2.75) is 12.5 Å². The summed E-state index contributed by atoms with van der Waals surface area (Å²) >= 11 is 5.90. The molecule has 1 aliphatic rings. The third kappa shape index (κ3) is 5.23. The molecule has 1 atom stereocenters. The van der Waals surface area contributed by atoms with E-state index in [-0.39, 0.29) is 17.6 Å². The minimum absolute atomic E-state index is 0.0429. The van der Waals surface area contributed by atoms with Crippen LogP contribution in [0.25, 0.3) is 6.08 Å². The highest BCUT2D eigenvalue weighted by molar-refractivity contribution is 6.30. The zero-order valence-corrected chi connectivity index (χ0v) is 19.6. The monoisotopic (exact) mass is 480 g/mol. The van der Waals surface area contributed by atoms with Crippen LogP contribution in [0, 0.1) is 5.82 Å². The molecule has 0 aliphatic carbocycles. The summed E-state index contributed by atoms with van der Waals surface area (Å²) in [5.74, 6) is -0.342. The van der Waals surface area contributed by atoms with E-state index < -0.39 is 0 Å². The number of hydrazone groups is 1. The summed E-state index contributed by atoms with van der Waals surface area (Å²) in [7, 11) is 0. The van der Waals surface area contributed by atoms with Crippen molar-refractivity contribution in [2.24, 2.45) is 5.10 Å². The molecule has 0 amide bonds. The fraction of sp³-hybridized carbons (Fsp3) is 0.0667. The Bertz CT molecular complexity index is 1380. The Morgan fingerprint density at radius 3 is 2.26 bits per heavy atom. The first-order valence-corrected chi connectivity index (χ1v) is 11.7. The maximum Gasteiger partial charge on any atom is 0.185 e. The van der Waals surface area contributed by atoms with Gasteiger partial charge < -0.3 is 0 Å². The average Bonchev–Trinajstić information content (AvgIpc) is 3.34. The molecular formula is C30H22ClFN2O. The van der Waals surface area contributed by atoms with Gasteiger partial charge in [-0.05, 0) is 71.3 Å². The second-order valence-electron chi connectivity index (χ2n) is 8.32. The highest BCUT2D eigenvalue weighted by Gasteiger charge is 2.29. The molecule has 4 aromatic carbocycles. The van der Waals surface area contributed by atoms with Crippen LogP contribution in [-0.2, 0) is 0 Å². The van der Waals surface area contributed by atoms with Gasteiger partial charge in [0.15, 0.2) is 5.78 Å². The number of nitrogens with zero attached hydrogens (tertiary/aromatic N) is 2. The topological polar surface area (TPSA) is 32.7 Å². The number of ketones is 1. The number of allylic oxidation sites excluding steroid dienone is 1. The molecule has 0 saturated carbocycles. The van der Waals surface area contributed by atoms with Crippen LogP contribution in [0.3, 0.4) is 0 Å². The quantitative estimate of drug-likeness (QED) is 0.209. The third-order valence-corrected chi connectivity index (χ3v) is 6.24. The number of halogens is 2. The first-order chi connectivity index (χ1) is 17.1. The van der Waals surface area contributed by atoms with E-state index in [1.54, 1.807) is 36.4 Å². The number of rotatable bonds is 6. The summed E-state index contributed by atoms with van der Waals surface area (Å²) in [5, 5.41) is 7.52. The maximum atomic E-state index is 13.6. The Labute approximate surface area is 208 Å². The van der Waals surface area contributed by atoms with Crippen molar-refractivity contribution in [1.82, 2.24) is 0 Å². The van der Waals surface area contributed by atoms with Gasteiger partial charge in [0.1, 0.15) is 5.82 Å². The zero-order chi connectivity index (χ0) is 24.2. The molecule has 5 heteroatoms. The summed E-state index contributed by atoms with van der Waals surface area (Å²) in [6.45, 7) is 0. The first kappa shape index (κ1) is 22.8. The molecule has 3 nitrogen and oxygen atoms in total. The van der Waals surface area contributed by atoms with E-state index in [2.05, 4.69) is 12.1 Å². The summed E-state index contributed by atoms with van der Waals surface area (Å²) in [5.41, 5.74) is 5.47. The summed E-state index contributed by atoms with van der Waals surface area (Å²) in [6, 6.07) is 31.4. The van der Waals surface area contributed by atoms with Crippen molar-refractivity contribution in [1.29, 1.82) is 0 Å². The molecule has 172 valence electrons. The molecule has 0 bridgehead atoms. The van der Waals surface area contributed by atoms with Gasteiger partial charge in [-0.2, -0.15) is 5.10 Å². The van der Waals surface area contributed by atoms with Crippen molar-refractivity contribution < 1.29 is 9.18 Å². The lowest BCUT2D eigenvalue weighted by molar-refractivity contribution is 0.104. The second kappa shape index (κ2) is 10.1. The van der Waals surface area contributed by atoms with Crippen LogP contribution >= 0.6 is 11.6 Å². The molecule has 35 heavy (non-hydrogen) atoms. The fourth-order valence-corrected chi connectivity index (χ4v) is 4.24. The van der Waals surface area contributed by atoms with Gasteiger partial charge in [-0.3, -0.25) is 9.80 Å². The molecule has 4 aromatic rings. The van der Waals surface area contributed by atoms with E-state index in [0.717, 1.165) is 28.1 Å². The van der Waals surface area contributed by atoms with E-state index in [9.17, 15) is 9.18 Å².